The van der Waals surface area contributed by atoms with Crippen LogP contribution in [0.4, 0.5) is 9.59 Å². The Bertz CT molecular complexity index is 903. The number of carboxylic acid groups (broad SMARTS) is 1. The van der Waals surface area contributed by atoms with E-state index >= 15 is 0 Å². The molecule has 0 aliphatic heterocycles. The van der Waals surface area contributed by atoms with Crippen LogP contribution in [0.15, 0.2) is 18.2 Å². The van der Waals surface area contributed by atoms with Gasteiger partial charge in [0.1, 0.15) is 6.04 Å². The van der Waals surface area contributed by atoms with E-state index in [2.05, 4.69) is 0 Å². The largest absolute Gasteiger partial charge is 0.513 e. The maximum Gasteiger partial charge on any atom is 0.513 e. The highest BCUT2D eigenvalue weighted by Gasteiger charge is 2.33. The molecule has 0 aliphatic rings. The van der Waals surface area contributed by atoms with Crippen molar-refractivity contribution >= 4 is 24.2 Å². The molecular weight excluding hydrogens is 486 g/mol. The molecule has 0 aromatic heterocycles. The second kappa shape index (κ2) is 16.4. The van der Waals surface area contributed by atoms with Crippen molar-refractivity contribution in [2.75, 3.05) is 19.8 Å². The summed E-state index contributed by atoms with van der Waals surface area (Å²) in [7, 11) is 0. The SMILES string of the molecule is CCCOC(=O)Oc1ccc(C(C(C)COC(=O)C(C)CCC)[C@H](N)C(=O)O)cc1OC(=O)OCCC. The lowest BCUT2D eigenvalue weighted by Crippen LogP contribution is -2.40. The van der Waals surface area contributed by atoms with Crippen LogP contribution in [0, 0.1) is 11.8 Å². The van der Waals surface area contributed by atoms with Crippen molar-refractivity contribution < 1.29 is 48.0 Å². The highest BCUT2D eigenvalue weighted by Crippen LogP contribution is 2.36. The molecule has 0 aliphatic carbocycles. The standard InChI is InChI=1S/C26H39NO10/c1-6-9-16(4)24(30)35-15-17(5)21(22(27)23(28)29)18-10-11-19(36-25(31)33-12-7-2)20(14-18)37-26(32)34-13-8-3/h10-11,14,16-17,21-22H,6-9,12-13,15,27H2,1-5H3,(H,28,29)/t16?,17?,21?,22-/m0/s1. The summed E-state index contributed by atoms with van der Waals surface area (Å²) in [5.41, 5.74) is 6.39. The van der Waals surface area contributed by atoms with Gasteiger partial charge in [0.2, 0.25) is 0 Å². The van der Waals surface area contributed by atoms with Crippen LogP contribution in [-0.4, -0.2) is 55.2 Å². The predicted molar refractivity (Wildman–Crippen MR) is 134 cm³/mol. The fourth-order valence-corrected chi connectivity index (χ4v) is 3.56. The molecule has 37 heavy (non-hydrogen) atoms. The number of hydrogen-bond acceptors (Lipinski definition) is 10. The van der Waals surface area contributed by atoms with Crippen molar-refractivity contribution in [3.8, 4) is 11.5 Å². The number of carbonyl (C=O) groups is 4. The molecule has 1 aromatic carbocycles. The number of nitrogens with two attached hydrogens (primary N) is 1. The first-order chi connectivity index (χ1) is 17.5. The Kier molecular flexibility index (Phi) is 14.1. The summed E-state index contributed by atoms with van der Waals surface area (Å²) in [5, 5.41) is 9.64. The van der Waals surface area contributed by atoms with E-state index in [1.54, 1.807) is 20.8 Å². The van der Waals surface area contributed by atoms with E-state index < -0.39 is 36.2 Å². The molecule has 11 nitrogen and oxygen atoms in total. The van der Waals surface area contributed by atoms with Gasteiger partial charge in [-0.2, -0.15) is 0 Å². The van der Waals surface area contributed by atoms with Crippen LogP contribution in [0.3, 0.4) is 0 Å². The van der Waals surface area contributed by atoms with E-state index in [-0.39, 0.29) is 43.2 Å². The van der Waals surface area contributed by atoms with E-state index in [1.807, 2.05) is 13.8 Å². The Labute approximate surface area is 217 Å². The van der Waals surface area contributed by atoms with E-state index in [1.165, 1.54) is 18.2 Å². The number of rotatable bonds is 15. The molecule has 0 saturated heterocycles. The maximum atomic E-state index is 12.3. The normalized spacial score (nSPS) is 14.0. The average molecular weight is 526 g/mol. The second-order valence-corrected chi connectivity index (χ2v) is 8.79. The molecule has 11 heteroatoms. The van der Waals surface area contributed by atoms with Gasteiger partial charge in [0, 0.05) is 5.92 Å². The minimum absolute atomic E-state index is 0.0745. The molecule has 0 amide bonds. The number of benzene rings is 1. The highest BCUT2D eigenvalue weighted by atomic mass is 16.7. The summed E-state index contributed by atoms with van der Waals surface area (Å²) in [5.74, 6) is -3.62. The number of esters is 1. The number of carboxylic acids is 1. The quantitative estimate of drug-likeness (QED) is 0.186. The lowest BCUT2D eigenvalue weighted by atomic mass is 9.82. The zero-order valence-electron chi connectivity index (χ0n) is 22.2. The third-order valence-corrected chi connectivity index (χ3v) is 5.48. The molecule has 3 unspecified atom stereocenters. The van der Waals surface area contributed by atoms with Crippen molar-refractivity contribution in [3.05, 3.63) is 23.8 Å². The lowest BCUT2D eigenvalue weighted by molar-refractivity contribution is -0.149. The number of ether oxygens (including phenoxy) is 5. The summed E-state index contributed by atoms with van der Waals surface area (Å²) in [6.45, 7) is 9.22. The Balaban J connectivity index is 3.29. The van der Waals surface area contributed by atoms with Crippen molar-refractivity contribution in [2.24, 2.45) is 17.6 Å². The summed E-state index contributed by atoms with van der Waals surface area (Å²) in [4.78, 5) is 48.2. The first kappa shape index (κ1) is 31.7. The molecule has 0 saturated carbocycles. The summed E-state index contributed by atoms with van der Waals surface area (Å²) in [6, 6.07) is 2.82. The monoisotopic (exact) mass is 525 g/mol. The first-order valence-corrected chi connectivity index (χ1v) is 12.5. The smallest absolute Gasteiger partial charge is 0.480 e. The first-order valence-electron chi connectivity index (χ1n) is 12.5. The Hall–Kier alpha value is -3.34. The van der Waals surface area contributed by atoms with Crippen LogP contribution < -0.4 is 15.2 Å². The molecular formula is C26H39NO10. The topological polar surface area (TPSA) is 161 Å². The van der Waals surface area contributed by atoms with Gasteiger partial charge in [-0.25, -0.2) is 9.59 Å². The van der Waals surface area contributed by atoms with Gasteiger partial charge < -0.3 is 34.5 Å². The van der Waals surface area contributed by atoms with Crippen LogP contribution in [0.2, 0.25) is 0 Å². The van der Waals surface area contributed by atoms with Gasteiger partial charge >= 0.3 is 24.2 Å². The van der Waals surface area contributed by atoms with Crippen molar-refractivity contribution in [1.82, 2.24) is 0 Å². The minimum atomic E-state index is -1.37. The van der Waals surface area contributed by atoms with E-state index in [0.29, 0.717) is 24.8 Å². The molecule has 208 valence electrons. The van der Waals surface area contributed by atoms with Crippen LogP contribution in [-0.2, 0) is 23.8 Å². The fraction of sp³-hybridized carbons (Fsp3) is 0.615. The lowest BCUT2D eigenvalue weighted by Gasteiger charge is -2.28. The maximum absolute atomic E-state index is 12.3. The molecule has 0 bridgehead atoms. The predicted octanol–water partition coefficient (Wildman–Crippen LogP) is 4.65. The molecule has 0 spiro atoms. The molecule has 0 fully saturated rings. The van der Waals surface area contributed by atoms with Crippen molar-refractivity contribution in [3.63, 3.8) is 0 Å². The van der Waals surface area contributed by atoms with Crippen molar-refractivity contribution in [1.29, 1.82) is 0 Å². The molecule has 0 radical (unpaired) electrons. The van der Waals surface area contributed by atoms with Gasteiger partial charge in [-0.3, -0.25) is 9.59 Å². The van der Waals surface area contributed by atoms with Crippen LogP contribution >= 0.6 is 0 Å². The Morgan fingerprint density at radius 2 is 1.43 bits per heavy atom. The van der Waals surface area contributed by atoms with Gasteiger partial charge in [0.05, 0.1) is 25.7 Å². The van der Waals surface area contributed by atoms with Crippen LogP contribution in [0.1, 0.15) is 71.8 Å². The second-order valence-electron chi connectivity index (χ2n) is 8.79. The summed E-state index contributed by atoms with van der Waals surface area (Å²) < 4.78 is 25.7. The van der Waals surface area contributed by atoms with E-state index in [9.17, 15) is 24.3 Å². The Morgan fingerprint density at radius 3 is 1.95 bits per heavy atom. The zero-order valence-corrected chi connectivity index (χ0v) is 22.2. The number of aliphatic carboxylic acids is 1. The van der Waals surface area contributed by atoms with Crippen LogP contribution in [0.25, 0.3) is 0 Å². The molecule has 1 rings (SSSR count). The third-order valence-electron chi connectivity index (χ3n) is 5.48. The Morgan fingerprint density at radius 1 is 0.865 bits per heavy atom. The van der Waals surface area contributed by atoms with Crippen LogP contribution in [0.5, 0.6) is 11.5 Å². The summed E-state index contributed by atoms with van der Waals surface area (Å²) in [6.07, 6.45) is 0.600. The van der Waals surface area contributed by atoms with Gasteiger partial charge in [0.25, 0.3) is 0 Å². The third kappa shape index (κ3) is 10.7. The average Bonchev–Trinajstić information content (AvgIpc) is 2.86. The fourth-order valence-electron chi connectivity index (χ4n) is 3.56. The van der Waals surface area contributed by atoms with Gasteiger partial charge in [-0.15, -0.1) is 0 Å². The molecule has 4 atom stereocenters. The molecule has 3 N–H and O–H groups in total. The molecule has 1 aromatic rings. The van der Waals surface area contributed by atoms with E-state index in [0.717, 1.165) is 6.42 Å². The zero-order chi connectivity index (χ0) is 28.0. The number of hydrogen-bond donors (Lipinski definition) is 2. The van der Waals surface area contributed by atoms with Gasteiger partial charge in [0.15, 0.2) is 11.5 Å². The van der Waals surface area contributed by atoms with Crippen molar-refractivity contribution in [2.45, 2.75) is 72.3 Å². The van der Waals surface area contributed by atoms with Gasteiger partial charge in [-0.1, -0.05) is 47.1 Å². The minimum Gasteiger partial charge on any atom is -0.480 e. The summed E-state index contributed by atoms with van der Waals surface area (Å²) >= 11 is 0. The number of carbonyl (C=O) groups excluding carboxylic acids is 3. The van der Waals surface area contributed by atoms with E-state index in [4.69, 9.17) is 29.4 Å². The molecule has 0 heterocycles. The van der Waals surface area contributed by atoms with Gasteiger partial charge in [-0.05, 0) is 42.9 Å². The highest BCUT2D eigenvalue weighted by molar-refractivity contribution is 5.75.